The number of benzene rings is 1. The number of carboxylic acid groups (broad SMARTS) is 1. The lowest BCUT2D eigenvalue weighted by molar-refractivity contribution is 0.0695. The molecule has 5 heteroatoms. The van der Waals surface area contributed by atoms with Crippen LogP contribution in [0.3, 0.4) is 0 Å². The first kappa shape index (κ1) is 13.7. The molecule has 0 aliphatic carbocycles. The van der Waals surface area contributed by atoms with E-state index in [9.17, 15) is 9.18 Å². The summed E-state index contributed by atoms with van der Waals surface area (Å²) in [6.07, 6.45) is 0. The molecule has 0 bridgehead atoms. The second kappa shape index (κ2) is 5.10. The van der Waals surface area contributed by atoms with Crippen molar-refractivity contribution in [3.63, 3.8) is 0 Å². The monoisotopic (exact) mass is 270 g/mol. The van der Waals surface area contributed by atoms with Crippen LogP contribution in [0.1, 0.15) is 27.2 Å². The van der Waals surface area contributed by atoms with Crippen molar-refractivity contribution in [2.45, 2.75) is 13.8 Å². The highest BCUT2D eigenvalue weighted by atomic mass is 19.1. The predicted molar refractivity (Wildman–Crippen MR) is 70.8 cm³/mol. The number of rotatable bonds is 2. The summed E-state index contributed by atoms with van der Waals surface area (Å²) in [5.74, 6) is -1.47. The van der Waals surface area contributed by atoms with E-state index in [2.05, 4.69) is 4.98 Å². The van der Waals surface area contributed by atoms with E-state index in [-0.39, 0.29) is 16.9 Å². The zero-order valence-corrected chi connectivity index (χ0v) is 10.9. The fraction of sp³-hybridized carbons (Fsp3) is 0.133. The number of nitriles is 1. The van der Waals surface area contributed by atoms with Gasteiger partial charge >= 0.3 is 5.97 Å². The third-order valence-corrected chi connectivity index (χ3v) is 3.00. The number of carbonyl (C=O) groups is 1. The molecule has 1 aromatic heterocycles. The Hall–Kier alpha value is -2.74. The van der Waals surface area contributed by atoms with Crippen molar-refractivity contribution >= 4 is 5.97 Å². The van der Waals surface area contributed by atoms with Crippen LogP contribution in [-0.2, 0) is 0 Å². The molecule has 0 saturated heterocycles. The van der Waals surface area contributed by atoms with E-state index in [1.165, 1.54) is 18.2 Å². The Bertz CT molecular complexity index is 748. The third-order valence-electron chi connectivity index (χ3n) is 3.00. The number of aromatic carboxylic acids is 1. The Morgan fingerprint density at radius 1 is 1.35 bits per heavy atom. The Kier molecular flexibility index (Phi) is 3.49. The van der Waals surface area contributed by atoms with Gasteiger partial charge < -0.3 is 5.11 Å². The van der Waals surface area contributed by atoms with Crippen molar-refractivity contribution in [2.75, 3.05) is 0 Å². The summed E-state index contributed by atoms with van der Waals surface area (Å²) in [6, 6.07) is 7.62. The molecule has 1 aromatic carbocycles. The van der Waals surface area contributed by atoms with E-state index >= 15 is 0 Å². The van der Waals surface area contributed by atoms with Crippen LogP contribution in [0, 0.1) is 31.0 Å². The first-order chi connectivity index (χ1) is 9.43. The second-order valence-corrected chi connectivity index (χ2v) is 4.40. The van der Waals surface area contributed by atoms with Crippen molar-refractivity contribution < 1.29 is 14.3 Å². The van der Waals surface area contributed by atoms with Gasteiger partial charge in [-0.2, -0.15) is 5.26 Å². The fourth-order valence-corrected chi connectivity index (χ4v) is 1.92. The zero-order valence-electron chi connectivity index (χ0n) is 10.9. The Balaban J connectivity index is 2.68. The van der Waals surface area contributed by atoms with E-state index in [0.717, 1.165) is 0 Å². The molecule has 2 aromatic rings. The number of halogens is 1. The first-order valence-corrected chi connectivity index (χ1v) is 5.85. The highest BCUT2D eigenvalue weighted by molar-refractivity contribution is 5.90. The van der Waals surface area contributed by atoms with Gasteiger partial charge in [-0.15, -0.1) is 0 Å². The third kappa shape index (κ3) is 2.36. The van der Waals surface area contributed by atoms with Crippen LogP contribution in [0.15, 0.2) is 24.3 Å². The molecule has 100 valence electrons. The van der Waals surface area contributed by atoms with Gasteiger partial charge in [0.25, 0.3) is 0 Å². The van der Waals surface area contributed by atoms with Crippen LogP contribution in [-0.4, -0.2) is 16.1 Å². The summed E-state index contributed by atoms with van der Waals surface area (Å²) in [5.41, 5.74) is 1.84. The van der Waals surface area contributed by atoms with Crippen LogP contribution in [0.25, 0.3) is 11.3 Å². The van der Waals surface area contributed by atoms with Crippen molar-refractivity contribution in [3.05, 3.63) is 52.5 Å². The van der Waals surface area contributed by atoms with Gasteiger partial charge in [0.1, 0.15) is 11.9 Å². The SMILES string of the molecule is Cc1cc(-c2nc(C)c(C(=O)O)cc2C#N)ccc1F. The smallest absolute Gasteiger partial charge is 0.337 e. The van der Waals surface area contributed by atoms with E-state index in [1.807, 2.05) is 6.07 Å². The van der Waals surface area contributed by atoms with Crippen LogP contribution in [0.4, 0.5) is 4.39 Å². The number of hydrogen-bond donors (Lipinski definition) is 1. The van der Waals surface area contributed by atoms with Crippen molar-refractivity contribution in [2.24, 2.45) is 0 Å². The van der Waals surface area contributed by atoms with E-state index in [4.69, 9.17) is 10.4 Å². The van der Waals surface area contributed by atoms with Gasteiger partial charge in [0, 0.05) is 5.56 Å². The predicted octanol–water partition coefficient (Wildman–Crippen LogP) is 3.07. The summed E-state index contributed by atoms with van der Waals surface area (Å²) in [7, 11) is 0. The lowest BCUT2D eigenvalue weighted by Gasteiger charge is -2.08. The van der Waals surface area contributed by atoms with Crippen LogP contribution in [0.5, 0.6) is 0 Å². The first-order valence-electron chi connectivity index (χ1n) is 5.85. The molecule has 0 amide bonds. The molecular weight excluding hydrogens is 259 g/mol. The molecule has 1 N–H and O–H groups in total. The number of hydrogen-bond acceptors (Lipinski definition) is 3. The molecule has 0 aliphatic heterocycles. The minimum atomic E-state index is -1.13. The van der Waals surface area contributed by atoms with Crippen LogP contribution >= 0.6 is 0 Å². The minimum absolute atomic E-state index is 0.0101. The fourth-order valence-electron chi connectivity index (χ4n) is 1.92. The lowest BCUT2D eigenvalue weighted by Crippen LogP contribution is -2.04. The van der Waals surface area contributed by atoms with Gasteiger partial charge in [0.15, 0.2) is 0 Å². The van der Waals surface area contributed by atoms with E-state index in [1.54, 1.807) is 19.9 Å². The molecule has 2 rings (SSSR count). The number of pyridine rings is 1. The summed E-state index contributed by atoms with van der Waals surface area (Å²) in [6.45, 7) is 3.17. The Labute approximate surface area is 115 Å². The van der Waals surface area contributed by atoms with Crippen molar-refractivity contribution in [3.8, 4) is 17.3 Å². The quantitative estimate of drug-likeness (QED) is 0.910. The zero-order chi connectivity index (χ0) is 14.9. The Morgan fingerprint density at radius 3 is 2.60 bits per heavy atom. The summed E-state index contributed by atoms with van der Waals surface area (Å²) >= 11 is 0. The molecule has 0 fully saturated rings. The number of carboxylic acids is 1. The van der Waals surface area contributed by atoms with Gasteiger partial charge in [-0.1, -0.05) is 0 Å². The van der Waals surface area contributed by atoms with E-state index < -0.39 is 5.97 Å². The maximum Gasteiger partial charge on any atom is 0.337 e. The molecule has 0 aliphatic rings. The number of nitrogens with zero attached hydrogens (tertiary/aromatic N) is 2. The maximum atomic E-state index is 13.3. The average Bonchev–Trinajstić information content (AvgIpc) is 2.41. The highest BCUT2D eigenvalue weighted by Gasteiger charge is 2.15. The summed E-state index contributed by atoms with van der Waals surface area (Å²) in [5, 5.41) is 18.2. The van der Waals surface area contributed by atoms with Gasteiger partial charge in [-0.05, 0) is 43.7 Å². The van der Waals surface area contributed by atoms with Crippen LogP contribution < -0.4 is 0 Å². The summed E-state index contributed by atoms with van der Waals surface area (Å²) < 4.78 is 13.3. The van der Waals surface area contributed by atoms with Gasteiger partial charge in [-0.3, -0.25) is 4.98 Å². The van der Waals surface area contributed by atoms with Crippen LogP contribution in [0.2, 0.25) is 0 Å². The second-order valence-electron chi connectivity index (χ2n) is 4.40. The average molecular weight is 270 g/mol. The molecule has 0 unspecified atom stereocenters. The maximum absolute atomic E-state index is 13.3. The lowest BCUT2D eigenvalue weighted by atomic mass is 10.0. The molecular formula is C15H11FN2O2. The molecule has 0 atom stereocenters. The highest BCUT2D eigenvalue weighted by Crippen LogP contribution is 2.25. The minimum Gasteiger partial charge on any atom is -0.478 e. The molecule has 0 radical (unpaired) electrons. The van der Waals surface area contributed by atoms with Gasteiger partial charge in [0.05, 0.1) is 22.5 Å². The molecule has 1 heterocycles. The normalized spacial score (nSPS) is 10.1. The molecule has 0 spiro atoms. The van der Waals surface area contributed by atoms with Gasteiger partial charge in [0.2, 0.25) is 0 Å². The number of aromatic nitrogens is 1. The van der Waals surface area contributed by atoms with Crippen molar-refractivity contribution in [1.82, 2.24) is 4.98 Å². The molecule has 4 nitrogen and oxygen atoms in total. The van der Waals surface area contributed by atoms with Gasteiger partial charge in [-0.25, -0.2) is 9.18 Å². The molecule has 20 heavy (non-hydrogen) atoms. The summed E-state index contributed by atoms with van der Waals surface area (Å²) in [4.78, 5) is 15.2. The Morgan fingerprint density at radius 2 is 2.05 bits per heavy atom. The topological polar surface area (TPSA) is 74.0 Å². The van der Waals surface area contributed by atoms with E-state index in [0.29, 0.717) is 22.5 Å². The molecule has 0 saturated carbocycles. The standard InChI is InChI=1S/C15H11FN2O2/c1-8-5-10(3-4-13(8)16)14-11(7-17)6-12(15(19)20)9(2)18-14/h3-6H,1-2H3,(H,19,20). The van der Waals surface area contributed by atoms with Crippen molar-refractivity contribution in [1.29, 1.82) is 5.26 Å². The number of aryl methyl sites for hydroxylation is 2. The largest absolute Gasteiger partial charge is 0.478 e.